The van der Waals surface area contributed by atoms with Crippen molar-refractivity contribution in [2.24, 2.45) is 0 Å². The number of amides is 1. The van der Waals surface area contributed by atoms with Crippen LogP contribution in [-0.2, 0) is 13.1 Å². The van der Waals surface area contributed by atoms with Gasteiger partial charge in [-0.15, -0.1) is 0 Å². The number of nitrogens with zero attached hydrogens (tertiary/aromatic N) is 5. The lowest BCUT2D eigenvalue weighted by atomic mass is 10.0. The van der Waals surface area contributed by atoms with E-state index in [1.165, 1.54) is 6.07 Å². The SMILES string of the molecule is CCn1ncc(-c2cc(C(=O)N3CCN(Cc4cccc(F)c4F)CC3)c3ccccc3n2)c1C. The molecule has 4 aromatic rings. The van der Waals surface area contributed by atoms with Gasteiger partial charge in [-0.2, -0.15) is 5.10 Å². The zero-order valence-corrected chi connectivity index (χ0v) is 19.8. The largest absolute Gasteiger partial charge is 0.336 e. The second-order valence-electron chi connectivity index (χ2n) is 8.81. The van der Waals surface area contributed by atoms with E-state index in [1.54, 1.807) is 12.3 Å². The molecule has 1 fully saturated rings. The molecule has 6 nitrogen and oxygen atoms in total. The number of hydrogen-bond acceptors (Lipinski definition) is 4. The maximum absolute atomic E-state index is 14.1. The first-order valence-corrected chi connectivity index (χ1v) is 11.8. The molecule has 8 heteroatoms. The summed E-state index contributed by atoms with van der Waals surface area (Å²) in [6.45, 7) is 7.30. The van der Waals surface area contributed by atoms with Gasteiger partial charge in [-0.25, -0.2) is 13.8 Å². The van der Waals surface area contributed by atoms with Crippen LogP contribution in [0.4, 0.5) is 8.78 Å². The number of para-hydroxylation sites is 1. The smallest absolute Gasteiger partial charge is 0.254 e. The standard InChI is InChI=1S/C27H27F2N5O/c1-3-34-18(2)22(16-30-34)25-15-21(20-8-4-5-10-24(20)31-25)27(35)33-13-11-32(12-14-33)17-19-7-6-9-23(28)26(19)29/h4-10,15-16H,3,11-14,17H2,1-2H3. The van der Waals surface area contributed by atoms with Crippen LogP contribution in [-0.4, -0.2) is 56.7 Å². The lowest BCUT2D eigenvalue weighted by Crippen LogP contribution is -2.48. The zero-order chi connectivity index (χ0) is 24.5. The molecule has 1 amide bonds. The van der Waals surface area contributed by atoms with E-state index in [0.29, 0.717) is 43.9 Å². The molecule has 0 unspecified atom stereocenters. The predicted octanol–water partition coefficient (Wildman–Crippen LogP) is 4.66. The molecule has 0 atom stereocenters. The minimum atomic E-state index is -0.837. The van der Waals surface area contributed by atoms with E-state index in [-0.39, 0.29) is 5.91 Å². The van der Waals surface area contributed by atoms with Crippen molar-refractivity contribution in [2.45, 2.75) is 26.9 Å². The molecule has 1 saturated heterocycles. The summed E-state index contributed by atoms with van der Waals surface area (Å²) in [5.74, 6) is -1.69. The van der Waals surface area contributed by atoms with E-state index in [9.17, 15) is 13.6 Å². The van der Waals surface area contributed by atoms with Gasteiger partial charge in [-0.3, -0.25) is 14.4 Å². The van der Waals surface area contributed by atoms with E-state index in [1.807, 2.05) is 58.7 Å². The van der Waals surface area contributed by atoms with Gasteiger partial charge in [0.05, 0.1) is 23.0 Å². The van der Waals surface area contributed by atoms with Crippen LogP contribution < -0.4 is 0 Å². The van der Waals surface area contributed by atoms with Crippen molar-refractivity contribution < 1.29 is 13.6 Å². The number of hydrogen-bond donors (Lipinski definition) is 0. The summed E-state index contributed by atoms with van der Waals surface area (Å²) in [4.78, 5) is 22.3. The van der Waals surface area contributed by atoms with Crippen molar-refractivity contribution in [1.29, 1.82) is 0 Å². The molecule has 180 valence electrons. The number of rotatable bonds is 5. The second kappa shape index (κ2) is 9.54. The molecular weight excluding hydrogens is 448 g/mol. The Bertz CT molecular complexity index is 1390. The molecule has 0 aliphatic carbocycles. The third-order valence-corrected chi connectivity index (χ3v) is 6.71. The third kappa shape index (κ3) is 4.41. The molecule has 1 aliphatic heterocycles. The fourth-order valence-electron chi connectivity index (χ4n) is 4.70. The highest BCUT2D eigenvalue weighted by molar-refractivity contribution is 6.07. The minimum Gasteiger partial charge on any atom is -0.336 e. The Labute approximate surface area is 202 Å². The number of carbonyl (C=O) groups excluding carboxylic acids is 1. The van der Waals surface area contributed by atoms with E-state index < -0.39 is 11.6 Å². The molecule has 0 spiro atoms. The Morgan fingerprint density at radius 2 is 1.80 bits per heavy atom. The minimum absolute atomic E-state index is 0.0537. The van der Waals surface area contributed by atoms with Crippen molar-refractivity contribution in [2.75, 3.05) is 26.2 Å². The van der Waals surface area contributed by atoms with Crippen molar-refractivity contribution in [3.05, 3.63) is 83.2 Å². The van der Waals surface area contributed by atoms with E-state index in [0.717, 1.165) is 40.5 Å². The van der Waals surface area contributed by atoms with Crippen molar-refractivity contribution >= 4 is 16.8 Å². The Morgan fingerprint density at radius 1 is 1.03 bits per heavy atom. The van der Waals surface area contributed by atoms with Crippen LogP contribution in [0.2, 0.25) is 0 Å². The highest BCUT2D eigenvalue weighted by Gasteiger charge is 2.25. The van der Waals surface area contributed by atoms with Crippen molar-refractivity contribution in [1.82, 2.24) is 24.6 Å². The van der Waals surface area contributed by atoms with Gasteiger partial charge < -0.3 is 4.90 Å². The van der Waals surface area contributed by atoms with Gasteiger partial charge in [0.2, 0.25) is 0 Å². The molecule has 0 saturated carbocycles. The summed E-state index contributed by atoms with van der Waals surface area (Å²) in [7, 11) is 0. The molecule has 1 aliphatic rings. The Kier molecular flexibility index (Phi) is 6.30. The summed E-state index contributed by atoms with van der Waals surface area (Å²) in [5.41, 5.74) is 4.35. The van der Waals surface area contributed by atoms with Gasteiger partial charge in [-0.1, -0.05) is 30.3 Å². The number of aryl methyl sites for hydroxylation is 1. The molecule has 0 N–H and O–H groups in total. The van der Waals surface area contributed by atoms with Gasteiger partial charge >= 0.3 is 0 Å². The first kappa shape index (κ1) is 23.1. The number of fused-ring (bicyclic) bond motifs is 1. The van der Waals surface area contributed by atoms with Crippen molar-refractivity contribution in [3.8, 4) is 11.3 Å². The quantitative estimate of drug-likeness (QED) is 0.421. The molecular formula is C27H27F2N5O. The summed E-state index contributed by atoms with van der Waals surface area (Å²) in [6.07, 6.45) is 1.80. The Balaban J connectivity index is 1.39. The molecule has 3 heterocycles. The van der Waals surface area contributed by atoms with Gasteiger partial charge in [0.15, 0.2) is 11.6 Å². The summed E-state index contributed by atoms with van der Waals surface area (Å²) < 4.78 is 29.6. The van der Waals surface area contributed by atoms with E-state index >= 15 is 0 Å². The average molecular weight is 476 g/mol. The number of benzene rings is 2. The third-order valence-electron chi connectivity index (χ3n) is 6.71. The first-order chi connectivity index (χ1) is 17.0. The maximum atomic E-state index is 14.1. The highest BCUT2D eigenvalue weighted by Crippen LogP contribution is 2.28. The van der Waals surface area contributed by atoms with Gasteiger partial charge in [0.1, 0.15) is 0 Å². The zero-order valence-electron chi connectivity index (χ0n) is 19.8. The van der Waals surface area contributed by atoms with Gasteiger partial charge in [0, 0.05) is 61.5 Å². The Morgan fingerprint density at radius 3 is 2.54 bits per heavy atom. The number of pyridine rings is 1. The second-order valence-corrected chi connectivity index (χ2v) is 8.81. The molecule has 5 rings (SSSR count). The van der Waals surface area contributed by atoms with E-state index in [2.05, 4.69) is 5.10 Å². The molecule has 35 heavy (non-hydrogen) atoms. The summed E-state index contributed by atoms with van der Waals surface area (Å²) in [5, 5.41) is 5.25. The maximum Gasteiger partial charge on any atom is 0.254 e. The number of aromatic nitrogens is 3. The van der Waals surface area contributed by atoms with Gasteiger partial charge in [0.25, 0.3) is 5.91 Å². The van der Waals surface area contributed by atoms with Crippen molar-refractivity contribution in [3.63, 3.8) is 0 Å². The van der Waals surface area contributed by atoms with E-state index in [4.69, 9.17) is 4.98 Å². The number of piperazine rings is 1. The summed E-state index contributed by atoms with van der Waals surface area (Å²) >= 11 is 0. The Hall–Kier alpha value is -3.65. The number of carbonyl (C=O) groups is 1. The molecule has 0 radical (unpaired) electrons. The van der Waals surface area contributed by atoms with Gasteiger partial charge in [-0.05, 0) is 32.0 Å². The number of halogens is 2. The topological polar surface area (TPSA) is 54.3 Å². The molecule has 2 aromatic heterocycles. The van der Waals surface area contributed by atoms with Crippen LogP contribution in [0.25, 0.3) is 22.2 Å². The normalized spacial score (nSPS) is 14.6. The molecule has 0 bridgehead atoms. The summed E-state index contributed by atoms with van der Waals surface area (Å²) in [6, 6.07) is 13.8. The van der Waals surface area contributed by atoms with Crippen LogP contribution >= 0.6 is 0 Å². The van der Waals surface area contributed by atoms with Crippen LogP contribution in [0.5, 0.6) is 0 Å². The van der Waals surface area contributed by atoms with Crippen LogP contribution in [0.1, 0.15) is 28.5 Å². The monoisotopic (exact) mass is 475 g/mol. The predicted molar refractivity (Wildman–Crippen MR) is 131 cm³/mol. The van der Waals surface area contributed by atoms with Crippen LogP contribution in [0.15, 0.2) is 54.7 Å². The average Bonchev–Trinajstić information content (AvgIpc) is 3.26. The molecule has 2 aromatic carbocycles. The van der Waals surface area contributed by atoms with Crippen LogP contribution in [0.3, 0.4) is 0 Å². The lowest BCUT2D eigenvalue weighted by molar-refractivity contribution is 0.0628. The van der Waals surface area contributed by atoms with Crippen LogP contribution in [0, 0.1) is 18.6 Å². The fourth-order valence-corrected chi connectivity index (χ4v) is 4.70. The fraction of sp³-hybridized carbons (Fsp3) is 0.296. The first-order valence-electron chi connectivity index (χ1n) is 11.8. The lowest BCUT2D eigenvalue weighted by Gasteiger charge is -2.35. The highest BCUT2D eigenvalue weighted by atomic mass is 19.2.